The third-order valence-electron chi connectivity index (χ3n) is 4.78. The molecule has 0 fully saturated rings. The van der Waals surface area contributed by atoms with Crippen LogP contribution < -0.4 is 0 Å². The van der Waals surface area contributed by atoms with E-state index in [0.29, 0.717) is 12.5 Å². The maximum atomic E-state index is 14.0. The van der Waals surface area contributed by atoms with Gasteiger partial charge in [0.2, 0.25) is 0 Å². The number of halogens is 2. The van der Waals surface area contributed by atoms with Crippen molar-refractivity contribution in [3.05, 3.63) is 36.1 Å². The van der Waals surface area contributed by atoms with E-state index in [1.165, 1.54) is 20.0 Å². The van der Waals surface area contributed by atoms with Crippen molar-refractivity contribution in [1.29, 1.82) is 0 Å². The molecule has 0 aromatic heterocycles. The Bertz CT molecular complexity index is 443. The Morgan fingerprint density at radius 2 is 1.58 bits per heavy atom. The van der Waals surface area contributed by atoms with Crippen LogP contribution in [0.2, 0.25) is 0 Å². The first-order valence-electron chi connectivity index (χ1n) is 8.74. The van der Waals surface area contributed by atoms with Crippen molar-refractivity contribution >= 4 is 0 Å². The molecule has 0 radical (unpaired) electrons. The molecule has 0 aliphatic heterocycles. The Morgan fingerprint density at radius 3 is 2.08 bits per heavy atom. The second-order valence-electron chi connectivity index (χ2n) is 6.79. The van der Waals surface area contributed by atoms with Crippen molar-refractivity contribution in [3.63, 3.8) is 0 Å². The van der Waals surface area contributed by atoms with E-state index in [4.69, 9.17) is 4.74 Å². The number of hydrogen-bond donors (Lipinski definition) is 0. The summed E-state index contributed by atoms with van der Waals surface area (Å²) in [5.41, 5.74) is 0.0603. The molecular weight excluding hydrogens is 310 g/mol. The fourth-order valence-electron chi connectivity index (χ4n) is 2.12. The van der Waals surface area contributed by atoms with E-state index in [-0.39, 0.29) is 23.4 Å². The minimum absolute atomic E-state index is 0.0603. The zero-order valence-electron chi connectivity index (χ0n) is 16.1. The second kappa shape index (κ2) is 11.4. The number of methoxy groups -OCH3 is 1. The zero-order valence-corrected chi connectivity index (χ0v) is 16.1. The zero-order chi connectivity index (χ0) is 18.9. The molecule has 0 aromatic carbocycles. The maximum absolute atomic E-state index is 14.0. The molecule has 0 amide bonds. The van der Waals surface area contributed by atoms with E-state index in [0.717, 1.165) is 12.3 Å². The lowest BCUT2D eigenvalue weighted by molar-refractivity contribution is 0.0140. The number of hydrogen-bond acceptors (Lipinski definition) is 2. The SMILES string of the molecule is C=C(OC)/C(F)=C(/F)C(=C)C(C)COC(C)C(C)CCC(C)CC. The summed E-state index contributed by atoms with van der Waals surface area (Å²) in [6, 6.07) is 0. The average molecular weight is 344 g/mol. The number of ether oxygens (including phenoxy) is 2. The largest absolute Gasteiger partial charge is 0.494 e. The van der Waals surface area contributed by atoms with Gasteiger partial charge in [0.25, 0.3) is 0 Å². The Kier molecular flexibility index (Phi) is 10.9. The van der Waals surface area contributed by atoms with E-state index >= 15 is 0 Å². The first-order chi connectivity index (χ1) is 11.1. The predicted octanol–water partition coefficient (Wildman–Crippen LogP) is 6.36. The molecule has 0 aliphatic rings. The molecule has 4 atom stereocenters. The molecule has 2 nitrogen and oxygen atoms in total. The lowest BCUT2D eigenvalue weighted by Crippen LogP contribution is -2.22. The molecule has 0 saturated carbocycles. The normalized spacial score (nSPS) is 17.5. The highest BCUT2D eigenvalue weighted by molar-refractivity contribution is 5.33. The van der Waals surface area contributed by atoms with Crippen LogP contribution in [-0.4, -0.2) is 19.8 Å². The van der Waals surface area contributed by atoms with E-state index in [2.05, 4.69) is 38.7 Å². The van der Waals surface area contributed by atoms with Gasteiger partial charge in [-0.05, 0) is 30.8 Å². The topological polar surface area (TPSA) is 18.5 Å². The fraction of sp³-hybridized carbons (Fsp3) is 0.700. The average Bonchev–Trinajstić information content (AvgIpc) is 2.60. The Morgan fingerprint density at radius 1 is 1.00 bits per heavy atom. The summed E-state index contributed by atoms with van der Waals surface area (Å²) in [4.78, 5) is 0. The first kappa shape index (κ1) is 22.8. The van der Waals surface area contributed by atoms with Gasteiger partial charge in [-0.25, -0.2) is 4.39 Å². The fourth-order valence-corrected chi connectivity index (χ4v) is 2.12. The lowest BCUT2D eigenvalue weighted by Gasteiger charge is -2.24. The Hall–Kier alpha value is -1.16. The molecule has 140 valence electrons. The highest BCUT2D eigenvalue weighted by atomic mass is 19.2. The highest BCUT2D eigenvalue weighted by Gasteiger charge is 2.20. The predicted molar refractivity (Wildman–Crippen MR) is 97.0 cm³/mol. The molecule has 4 unspecified atom stereocenters. The smallest absolute Gasteiger partial charge is 0.200 e. The number of allylic oxidation sites excluding steroid dienone is 2. The molecular formula is C20H34F2O2. The van der Waals surface area contributed by atoms with Crippen LogP contribution in [0.1, 0.15) is 53.9 Å². The first-order valence-corrected chi connectivity index (χ1v) is 8.74. The van der Waals surface area contributed by atoms with Crippen molar-refractivity contribution in [2.75, 3.05) is 13.7 Å². The molecule has 0 bridgehead atoms. The summed E-state index contributed by atoms with van der Waals surface area (Å²) in [7, 11) is 1.24. The molecule has 0 aliphatic carbocycles. The lowest BCUT2D eigenvalue weighted by atomic mass is 9.93. The van der Waals surface area contributed by atoms with Crippen LogP contribution in [0.3, 0.4) is 0 Å². The van der Waals surface area contributed by atoms with Gasteiger partial charge >= 0.3 is 0 Å². The maximum Gasteiger partial charge on any atom is 0.200 e. The van der Waals surface area contributed by atoms with Crippen molar-refractivity contribution in [2.45, 2.75) is 60.0 Å². The van der Waals surface area contributed by atoms with Crippen molar-refractivity contribution in [3.8, 4) is 0 Å². The van der Waals surface area contributed by atoms with Gasteiger partial charge in [0.05, 0.1) is 19.8 Å². The summed E-state index contributed by atoms with van der Waals surface area (Å²) in [5, 5.41) is 0. The van der Waals surface area contributed by atoms with Gasteiger partial charge in [-0.15, -0.1) is 0 Å². The third-order valence-corrected chi connectivity index (χ3v) is 4.78. The van der Waals surface area contributed by atoms with Gasteiger partial charge in [-0.3, -0.25) is 0 Å². The molecule has 0 heterocycles. The van der Waals surface area contributed by atoms with Crippen LogP contribution in [0, 0.1) is 17.8 Å². The molecule has 0 aromatic rings. The van der Waals surface area contributed by atoms with Gasteiger partial charge in [-0.1, -0.05) is 53.7 Å². The molecule has 0 N–H and O–H groups in total. The molecule has 0 rings (SSSR count). The van der Waals surface area contributed by atoms with Crippen molar-refractivity contribution < 1.29 is 18.3 Å². The summed E-state index contributed by atoms with van der Waals surface area (Å²) < 4.78 is 38.2. The third kappa shape index (κ3) is 7.61. The second-order valence-corrected chi connectivity index (χ2v) is 6.79. The van der Waals surface area contributed by atoms with Crippen molar-refractivity contribution in [1.82, 2.24) is 0 Å². The molecule has 4 heteroatoms. The standard InChI is InChI=1S/C20H34F2O2/c1-9-13(2)10-11-14(3)17(6)24-12-15(4)16(5)19(21)20(22)18(7)23-8/h13-15,17H,5,7,9-12H2,1-4,6,8H3/b20-19-. The van der Waals surface area contributed by atoms with Crippen LogP contribution in [0.4, 0.5) is 8.78 Å². The van der Waals surface area contributed by atoms with Crippen LogP contribution >= 0.6 is 0 Å². The molecule has 24 heavy (non-hydrogen) atoms. The van der Waals surface area contributed by atoms with Gasteiger partial charge in [-0.2, -0.15) is 4.39 Å². The summed E-state index contributed by atoms with van der Waals surface area (Å²) in [6.45, 7) is 17.6. The Labute approximate surface area is 146 Å². The Balaban J connectivity index is 4.49. The summed E-state index contributed by atoms with van der Waals surface area (Å²) in [6.07, 6.45) is 3.52. The van der Waals surface area contributed by atoms with Gasteiger partial charge in [0, 0.05) is 5.92 Å². The van der Waals surface area contributed by atoms with Crippen molar-refractivity contribution in [2.24, 2.45) is 17.8 Å². The van der Waals surface area contributed by atoms with Gasteiger partial charge in [0.1, 0.15) is 5.76 Å². The molecule has 0 spiro atoms. The monoisotopic (exact) mass is 344 g/mol. The quantitative estimate of drug-likeness (QED) is 0.303. The number of rotatable bonds is 12. The van der Waals surface area contributed by atoms with E-state index in [9.17, 15) is 8.78 Å². The minimum atomic E-state index is -1.11. The molecule has 0 saturated heterocycles. The van der Waals surface area contributed by atoms with Crippen LogP contribution in [0.25, 0.3) is 0 Å². The minimum Gasteiger partial charge on any atom is -0.494 e. The van der Waals surface area contributed by atoms with Crippen LogP contribution in [0.5, 0.6) is 0 Å². The van der Waals surface area contributed by atoms with Gasteiger partial charge < -0.3 is 9.47 Å². The summed E-state index contributed by atoms with van der Waals surface area (Å²) in [5.74, 6) is -1.66. The van der Waals surface area contributed by atoms with E-state index in [1.54, 1.807) is 6.92 Å². The van der Waals surface area contributed by atoms with Crippen LogP contribution in [-0.2, 0) is 9.47 Å². The van der Waals surface area contributed by atoms with Crippen LogP contribution in [0.15, 0.2) is 36.1 Å². The van der Waals surface area contributed by atoms with E-state index < -0.39 is 11.7 Å². The highest BCUT2D eigenvalue weighted by Crippen LogP contribution is 2.28. The van der Waals surface area contributed by atoms with E-state index in [1.807, 2.05) is 6.92 Å². The summed E-state index contributed by atoms with van der Waals surface area (Å²) >= 11 is 0. The van der Waals surface area contributed by atoms with Gasteiger partial charge in [0.15, 0.2) is 11.7 Å².